The van der Waals surface area contributed by atoms with Crippen LogP contribution in [0, 0.1) is 0 Å². The minimum Gasteiger partial charge on any atom is -0.326 e. The Hall–Kier alpha value is -2.35. The molecule has 0 atom stereocenters. The molecule has 0 bridgehead atoms. The number of hydrogen-bond acceptors (Lipinski definition) is 5. The maximum absolute atomic E-state index is 12.1. The molecule has 0 aliphatic carbocycles. The molecular weight excluding hydrogens is 414 g/mol. The van der Waals surface area contributed by atoms with E-state index >= 15 is 0 Å². The largest absolute Gasteiger partial charge is 0.326 e. The summed E-state index contributed by atoms with van der Waals surface area (Å²) >= 11 is 8.79. The number of carbonyl (C=O) groups is 2. The predicted octanol–water partition coefficient (Wildman–Crippen LogP) is 5.29. The van der Waals surface area contributed by atoms with Crippen molar-refractivity contribution in [3.63, 3.8) is 0 Å². The van der Waals surface area contributed by atoms with Crippen molar-refractivity contribution in [1.29, 1.82) is 0 Å². The van der Waals surface area contributed by atoms with Crippen LogP contribution in [0.1, 0.15) is 12.5 Å². The number of amides is 2. The van der Waals surface area contributed by atoms with Crippen LogP contribution in [-0.2, 0) is 15.3 Å². The first-order valence-corrected chi connectivity index (χ1v) is 10.9. The summed E-state index contributed by atoms with van der Waals surface area (Å²) in [6.45, 7) is 1.47. The molecule has 28 heavy (non-hydrogen) atoms. The minimum absolute atomic E-state index is 0.0825. The van der Waals surface area contributed by atoms with Crippen LogP contribution >= 0.6 is 34.7 Å². The van der Waals surface area contributed by atoms with Crippen molar-refractivity contribution in [2.75, 3.05) is 16.4 Å². The van der Waals surface area contributed by atoms with Gasteiger partial charge in [-0.15, -0.1) is 23.1 Å². The van der Waals surface area contributed by atoms with Crippen LogP contribution in [0.2, 0.25) is 5.02 Å². The molecule has 0 aliphatic heterocycles. The SMILES string of the molecule is CC(=O)Nc1ccc(-c2csc(NC(=O)CSCc3ccc(Cl)cc3)n2)cc1. The highest BCUT2D eigenvalue weighted by Gasteiger charge is 2.09. The van der Waals surface area contributed by atoms with Gasteiger partial charge in [-0.2, -0.15) is 0 Å². The number of nitrogens with zero attached hydrogens (tertiary/aromatic N) is 1. The Balaban J connectivity index is 1.50. The Morgan fingerprint density at radius 3 is 2.46 bits per heavy atom. The van der Waals surface area contributed by atoms with Gasteiger partial charge in [0.15, 0.2) is 5.13 Å². The summed E-state index contributed by atoms with van der Waals surface area (Å²) in [5.41, 5.74) is 3.56. The van der Waals surface area contributed by atoms with Crippen LogP contribution in [-0.4, -0.2) is 22.6 Å². The minimum atomic E-state index is -0.111. The molecule has 3 rings (SSSR count). The predicted molar refractivity (Wildman–Crippen MR) is 118 cm³/mol. The molecule has 3 aromatic rings. The molecule has 1 aromatic heterocycles. The average molecular weight is 432 g/mol. The van der Waals surface area contributed by atoms with E-state index in [4.69, 9.17) is 11.6 Å². The van der Waals surface area contributed by atoms with E-state index in [9.17, 15) is 9.59 Å². The number of thiazole rings is 1. The Morgan fingerprint density at radius 1 is 1.07 bits per heavy atom. The Morgan fingerprint density at radius 2 is 1.79 bits per heavy atom. The van der Waals surface area contributed by atoms with E-state index in [1.165, 1.54) is 30.0 Å². The lowest BCUT2D eigenvalue weighted by Gasteiger charge is -2.03. The van der Waals surface area contributed by atoms with Gasteiger partial charge in [0.25, 0.3) is 0 Å². The Labute approximate surface area is 176 Å². The van der Waals surface area contributed by atoms with Gasteiger partial charge in [-0.25, -0.2) is 4.98 Å². The summed E-state index contributed by atoms with van der Waals surface area (Å²) in [4.78, 5) is 27.7. The summed E-state index contributed by atoms with van der Waals surface area (Å²) in [5, 5.41) is 8.73. The third kappa shape index (κ3) is 6.09. The lowest BCUT2D eigenvalue weighted by molar-refractivity contribution is -0.114. The monoisotopic (exact) mass is 431 g/mol. The zero-order valence-electron chi connectivity index (χ0n) is 15.1. The molecule has 0 radical (unpaired) electrons. The smallest absolute Gasteiger partial charge is 0.236 e. The second-order valence-electron chi connectivity index (χ2n) is 5.96. The maximum atomic E-state index is 12.1. The van der Waals surface area contributed by atoms with Crippen molar-refractivity contribution < 1.29 is 9.59 Å². The summed E-state index contributed by atoms with van der Waals surface area (Å²) in [5.74, 6) is 0.901. The van der Waals surface area contributed by atoms with Gasteiger partial charge in [0.2, 0.25) is 11.8 Å². The van der Waals surface area contributed by atoms with Gasteiger partial charge in [0, 0.05) is 34.3 Å². The van der Waals surface area contributed by atoms with Gasteiger partial charge in [-0.3, -0.25) is 9.59 Å². The van der Waals surface area contributed by atoms with Gasteiger partial charge in [0.1, 0.15) is 0 Å². The second-order valence-corrected chi connectivity index (χ2v) is 8.24. The first-order valence-electron chi connectivity index (χ1n) is 8.45. The van der Waals surface area contributed by atoms with E-state index in [-0.39, 0.29) is 11.8 Å². The molecule has 2 aromatic carbocycles. The number of carbonyl (C=O) groups excluding carboxylic acids is 2. The van der Waals surface area contributed by atoms with Crippen LogP contribution in [0.3, 0.4) is 0 Å². The fourth-order valence-corrected chi connectivity index (χ4v) is 4.04. The molecule has 0 aliphatic rings. The number of rotatable bonds is 7. The second kappa shape index (κ2) is 9.73. The van der Waals surface area contributed by atoms with E-state index in [1.54, 1.807) is 0 Å². The normalized spacial score (nSPS) is 10.5. The van der Waals surface area contributed by atoms with Gasteiger partial charge in [0.05, 0.1) is 11.4 Å². The molecule has 8 heteroatoms. The number of nitrogens with one attached hydrogen (secondary N) is 2. The molecule has 0 saturated heterocycles. The Kier molecular flexibility index (Phi) is 7.08. The van der Waals surface area contributed by atoms with Gasteiger partial charge in [-0.05, 0) is 29.8 Å². The lowest BCUT2D eigenvalue weighted by Crippen LogP contribution is -2.13. The summed E-state index contributed by atoms with van der Waals surface area (Å²) in [6.07, 6.45) is 0. The summed E-state index contributed by atoms with van der Waals surface area (Å²) in [6, 6.07) is 15.0. The molecule has 0 unspecified atom stereocenters. The number of thioether (sulfide) groups is 1. The molecule has 5 nitrogen and oxygen atoms in total. The standard InChI is InChI=1S/C20H18ClN3O2S2/c1-13(25)22-17-8-4-15(5-9-17)18-11-28-20(23-18)24-19(26)12-27-10-14-2-6-16(21)7-3-14/h2-9,11H,10,12H2,1H3,(H,22,25)(H,23,24,26). The number of hydrogen-bond donors (Lipinski definition) is 2. The molecule has 0 spiro atoms. The highest BCUT2D eigenvalue weighted by atomic mass is 35.5. The van der Waals surface area contributed by atoms with Gasteiger partial charge >= 0.3 is 0 Å². The zero-order valence-corrected chi connectivity index (χ0v) is 17.5. The van der Waals surface area contributed by atoms with E-state index in [0.29, 0.717) is 15.9 Å². The van der Waals surface area contributed by atoms with Crippen molar-refractivity contribution in [3.05, 3.63) is 64.5 Å². The van der Waals surface area contributed by atoms with Crippen molar-refractivity contribution in [1.82, 2.24) is 4.98 Å². The first kappa shape index (κ1) is 20.4. The molecule has 2 N–H and O–H groups in total. The van der Waals surface area contributed by atoms with Crippen molar-refractivity contribution in [3.8, 4) is 11.3 Å². The summed E-state index contributed by atoms with van der Waals surface area (Å²) < 4.78 is 0. The van der Waals surface area contributed by atoms with Crippen LogP contribution in [0.4, 0.5) is 10.8 Å². The van der Waals surface area contributed by atoms with Crippen LogP contribution in [0.5, 0.6) is 0 Å². The van der Waals surface area contributed by atoms with Crippen LogP contribution in [0.25, 0.3) is 11.3 Å². The van der Waals surface area contributed by atoms with Crippen molar-refractivity contribution in [2.45, 2.75) is 12.7 Å². The molecule has 2 amide bonds. The Bertz CT molecular complexity index is 956. The van der Waals surface area contributed by atoms with Gasteiger partial charge in [-0.1, -0.05) is 35.9 Å². The molecule has 144 valence electrons. The molecule has 0 saturated carbocycles. The first-order chi connectivity index (χ1) is 13.5. The van der Waals surface area contributed by atoms with Crippen LogP contribution in [0.15, 0.2) is 53.9 Å². The number of benzene rings is 2. The number of anilines is 2. The van der Waals surface area contributed by atoms with E-state index in [1.807, 2.05) is 53.9 Å². The van der Waals surface area contributed by atoms with E-state index in [2.05, 4.69) is 15.6 Å². The number of aromatic nitrogens is 1. The van der Waals surface area contributed by atoms with E-state index < -0.39 is 0 Å². The fourth-order valence-electron chi connectivity index (χ4n) is 2.39. The highest BCUT2D eigenvalue weighted by Crippen LogP contribution is 2.26. The molecule has 0 fully saturated rings. The van der Waals surface area contributed by atoms with Crippen molar-refractivity contribution in [2.24, 2.45) is 0 Å². The lowest BCUT2D eigenvalue weighted by atomic mass is 10.1. The third-order valence-corrected chi connectivity index (χ3v) is 5.68. The van der Waals surface area contributed by atoms with Crippen LogP contribution < -0.4 is 10.6 Å². The maximum Gasteiger partial charge on any atom is 0.236 e. The van der Waals surface area contributed by atoms with Crippen molar-refractivity contribution >= 4 is 57.3 Å². The molecular formula is C20H18ClN3O2S2. The summed E-state index contributed by atoms with van der Waals surface area (Å²) in [7, 11) is 0. The topological polar surface area (TPSA) is 71.1 Å². The van der Waals surface area contributed by atoms with Gasteiger partial charge < -0.3 is 10.6 Å². The zero-order chi connectivity index (χ0) is 19.9. The fraction of sp³-hybridized carbons (Fsp3) is 0.150. The highest BCUT2D eigenvalue weighted by molar-refractivity contribution is 7.99. The van der Waals surface area contributed by atoms with E-state index in [0.717, 1.165) is 28.3 Å². The average Bonchev–Trinajstić information content (AvgIpc) is 3.12. The third-order valence-electron chi connectivity index (χ3n) is 3.67. The quantitative estimate of drug-likeness (QED) is 0.532. The number of halogens is 1. The molecule has 1 heterocycles.